The van der Waals surface area contributed by atoms with Crippen molar-refractivity contribution in [2.24, 2.45) is 0 Å². The van der Waals surface area contributed by atoms with Crippen molar-refractivity contribution in [3.05, 3.63) is 28.8 Å². The number of carbonyl (C=O) groups is 2. The number of ether oxygens (including phenoxy) is 1. The largest absolute Gasteiger partial charge is 0.478 e. The lowest BCUT2D eigenvalue weighted by molar-refractivity contribution is 0.0697. The topological polar surface area (TPSA) is 87.7 Å². The fourth-order valence-corrected chi connectivity index (χ4v) is 2.41. The summed E-state index contributed by atoms with van der Waals surface area (Å²) in [5, 5.41) is 14.5. The molecule has 21 heavy (non-hydrogen) atoms. The van der Waals surface area contributed by atoms with Crippen molar-refractivity contribution in [2.45, 2.75) is 25.4 Å². The van der Waals surface area contributed by atoms with Gasteiger partial charge in [-0.15, -0.1) is 0 Å². The summed E-state index contributed by atoms with van der Waals surface area (Å²) in [7, 11) is 0. The molecule has 0 aromatic heterocycles. The molecule has 0 radical (unpaired) electrons. The minimum absolute atomic E-state index is 0.0251. The Morgan fingerprint density at radius 2 is 2.19 bits per heavy atom. The van der Waals surface area contributed by atoms with Crippen LogP contribution in [0.25, 0.3) is 0 Å². The SMILES string of the molecule is O=C(NCCC1CCCO1)Nc1cc(Cl)cc(C(=O)O)c1. The maximum atomic E-state index is 11.7. The lowest BCUT2D eigenvalue weighted by Gasteiger charge is -2.11. The highest BCUT2D eigenvalue weighted by Crippen LogP contribution is 2.19. The highest BCUT2D eigenvalue weighted by Gasteiger charge is 2.15. The Balaban J connectivity index is 1.82. The monoisotopic (exact) mass is 312 g/mol. The van der Waals surface area contributed by atoms with E-state index in [1.54, 1.807) is 0 Å². The summed E-state index contributed by atoms with van der Waals surface area (Å²) in [5.74, 6) is -1.10. The Morgan fingerprint density at radius 3 is 2.86 bits per heavy atom. The molecule has 7 heteroatoms. The second-order valence-electron chi connectivity index (χ2n) is 4.84. The first kappa shape index (κ1) is 15.6. The molecule has 1 aliphatic heterocycles. The minimum atomic E-state index is -1.10. The zero-order chi connectivity index (χ0) is 15.2. The molecular formula is C14H17ClN2O4. The number of carbonyl (C=O) groups excluding carboxylic acids is 1. The normalized spacial score (nSPS) is 17.5. The van der Waals surface area contributed by atoms with Gasteiger partial charge < -0.3 is 20.5 Å². The highest BCUT2D eigenvalue weighted by atomic mass is 35.5. The van der Waals surface area contributed by atoms with Crippen molar-refractivity contribution in [1.29, 1.82) is 0 Å². The van der Waals surface area contributed by atoms with E-state index in [1.807, 2.05) is 0 Å². The summed E-state index contributed by atoms with van der Waals surface area (Å²) in [6.45, 7) is 1.29. The van der Waals surface area contributed by atoms with Crippen LogP contribution in [0.3, 0.4) is 0 Å². The van der Waals surface area contributed by atoms with Crippen LogP contribution in [0.1, 0.15) is 29.6 Å². The molecule has 0 saturated carbocycles. The number of benzene rings is 1. The first-order chi connectivity index (χ1) is 10.0. The van der Waals surface area contributed by atoms with Crippen molar-refractivity contribution in [3.8, 4) is 0 Å². The van der Waals surface area contributed by atoms with Gasteiger partial charge in [0.1, 0.15) is 0 Å². The van der Waals surface area contributed by atoms with E-state index >= 15 is 0 Å². The molecular weight excluding hydrogens is 296 g/mol. The Kier molecular flexibility index (Phi) is 5.41. The van der Waals surface area contributed by atoms with Crippen LogP contribution in [0.5, 0.6) is 0 Å². The van der Waals surface area contributed by atoms with Gasteiger partial charge >= 0.3 is 12.0 Å². The quantitative estimate of drug-likeness (QED) is 0.780. The van der Waals surface area contributed by atoms with Crippen molar-refractivity contribution < 1.29 is 19.4 Å². The van der Waals surface area contributed by atoms with E-state index in [0.29, 0.717) is 12.2 Å². The van der Waals surface area contributed by atoms with E-state index in [1.165, 1.54) is 18.2 Å². The van der Waals surface area contributed by atoms with Crippen LogP contribution in [0.4, 0.5) is 10.5 Å². The highest BCUT2D eigenvalue weighted by molar-refractivity contribution is 6.31. The molecule has 114 valence electrons. The average molecular weight is 313 g/mol. The number of halogens is 1. The number of carboxylic acids is 1. The van der Waals surface area contributed by atoms with Gasteiger partial charge in [0.2, 0.25) is 0 Å². The molecule has 1 fully saturated rings. The molecule has 0 spiro atoms. The standard InChI is InChI=1S/C14H17ClN2O4/c15-10-6-9(13(18)19)7-11(8-10)17-14(20)16-4-3-12-2-1-5-21-12/h6-8,12H,1-5H2,(H,18,19)(H2,16,17,20). The molecule has 1 aromatic rings. The van der Waals surface area contributed by atoms with Gasteiger partial charge in [0.15, 0.2) is 0 Å². The van der Waals surface area contributed by atoms with Gasteiger partial charge in [-0.25, -0.2) is 9.59 Å². The molecule has 2 rings (SSSR count). The number of aromatic carboxylic acids is 1. The van der Waals surface area contributed by atoms with Crippen molar-refractivity contribution >= 4 is 29.3 Å². The fraction of sp³-hybridized carbons (Fsp3) is 0.429. The Labute approximate surface area is 127 Å². The summed E-state index contributed by atoms with van der Waals surface area (Å²) in [6.07, 6.45) is 3.08. The van der Waals surface area contributed by atoms with Crippen molar-refractivity contribution in [3.63, 3.8) is 0 Å². The van der Waals surface area contributed by atoms with E-state index in [-0.39, 0.29) is 16.7 Å². The molecule has 1 aliphatic rings. The number of nitrogens with one attached hydrogen (secondary N) is 2. The van der Waals surface area contributed by atoms with Crippen LogP contribution in [0.15, 0.2) is 18.2 Å². The van der Waals surface area contributed by atoms with Gasteiger partial charge in [0.25, 0.3) is 0 Å². The molecule has 6 nitrogen and oxygen atoms in total. The van der Waals surface area contributed by atoms with Gasteiger partial charge in [-0.1, -0.05) is 11.6 Å². The number of anilines is 1. The molecule has 2 amide bonds. The van der Waals surface area contributed by atoms with Crippen LogP contribution >= 0.6 is 11.6 Å². The third-order valence-electron chi connectivity index (χ3n) is 3.18. The lowest BCUT2D eigenvalue weighted by Crippen LogP contribution is -2.31. The van der Waals surface area contributed by atoms with Crippen LogP contribution in [0.2, 0.25) is 5.02 Å². The molecule has 1 unspecified atom stereocenters. The van der Waals surface area contributed by atoms with E-state index < -0.39 is 12.0 Å². The molecule has 1 saturated heterocycles. The second kappa shape index (κ2) is 7.28. The summed E-state index contributed by atoms with van der Waals surface area (Å²) in [6, 6.07) is 3.78. The summed E-state index contributed by atoms with van der Waals surface area (Å²) >= 11 is 5.82. The zero-order valence-electron chi connectivity index (χ0n) is 11.4. The average Bonchev–Trinajstić information content (AvgIpc) is 2.91. The van der Waals surface area contributed by atoms with Gasteiger partial charge in [0.05, 0.1) is 11.7 Å². The van der Waals surface area contributed by atoms with Crippen LogP contribution in [-0.4, -0.2) is 36.4 Å². The number of rotatable bonds is 5. The zero-order valence-corrected chi connectivity index (χ0v) is 12.2. The number of carboxylic acid groups (broad SMARTS) is 1. The number of urea groups is 1. The number of hydrogen-bond donors (Lipinski definition) is 3. The van der Waals surface area contributed by atoms with E-state index in [4.69, 9.17) is 21.4 Å². The number of hydrogen-bond acceptors (Lipinski definition) is 3. The molecule has 0 aliphatic carbocycles. The van der Waals surface area contributed by atoms with Crippen LogP contribution in [0, 0.1) is 0 Å². The molecule has 1 atom stereocenters. The maximum Gasteiger partial charge on any atom is 0.335 e. The van der Waals surface area contributed by atoms with E-state index in [9.17, 15) is 9.59 Å². The van der Waals surface area contributed by atoms with E-state index in [0.717, 1.165) is 25.9 Å². The molecule has 0 bridgehead atoms. The summed E-state index contributed by atoms with van der Waals surface area (Å²) in [4.78, 5) is 22.6. The van der Waals surface area contributed by atoms with Gasteiger partial charge in [0, 0.05) is 23.9 Å². The van der Waals surface area contributed by atoms with Crippen LogP contribution in [-0.2, 0) is 4.74 Å². The third kappa shape index (κ3) is 4.91. The Morgan fingerprint density at radius 1 is 1.38 bits per heavy atom. The fourth-order valence-electron chi connectivity index (χ4n) is 2.18. The summed E-state index contributed by atoms with van der Waals surface area (Å²) < 4.78 is 5.46. The van der Waals surface area contributed by atoms with Crippen LogP contribution < -0.4 is 10.6 Å². The van der Waals surface area contributed by atoms with Gasteiger partial charge in [-0.05, 0) is 37.5 Å². The first-order valence-corrected chi connectivity index (χ1v) is 7.13. The summed E-state index contributed by atoms with van der Waals surface area (Å²) in [5.41, 5.74) is 0.367. The first-order valence-electron chi connectivity index (χ1n) is 6.75. The van der Waals surface area contributed by atoms with Gasteiger partial charge in [-0.3, -0.25) is 0 Å². The predicted octanol–water partition coefficient (Wildman–Crippen LogP) is 2.73. The molecule has 3 N–H and O–H groups in total. The molecule has 1 heterocycles. The predicted molar refractivity (Wildman–Crippen MR) is 79.0 cm³/mol. The number of amides is 2. The van der Waals surface area contributed by atoms with E-state index in [2.05, 4.69) is 10.6 Å². The third-order valence-corrected chi connectivity index (χ3v) is 3.40. The Hall–Kier alpha value is -1.79. The Bertz CT molecular complexity index is 530. The van der Waals surface area contributed by atoms with Crippen molar-refractivity contribution in [1.82, 2.24) is 5.32 Å². The smallest absolute Gasteiger partial charge is 0.335 e. The second-order valence-corrected chi connectivity index (χ2v) is 5.27. The maximum absolute atomic E-state index is 11.7. The minimum Gasteiger partial charge on any atom is -0.478 e. The molecule has 1 aromatic carbocycles. The lowest BCUT2D eigenvalue weighted by atomic mass is 10.2. The van der Waals surface area contributed by atoms with Crippen molar-refractivity contribution in [2.75, 3.05) is 18.5 Å². The van der Waals surface area contributed by atoms with Gasteiger partial charge in [-0.2, -0.15) is 0 Å².